The van der Waals surface area contributed by atoms with E-state index in [9.17, 15) is 13.9 Å². The van der Waals surface area contributed by atoms with Crippen LogP contribution in [0.4, 0.5) is 8.78 Å². The van der Waals surface area contributed by atoms with Gasteiger partial charge >= 0.3 is 0 Å². The van der Waals surface area contributed by atoms with Crippen molar-refractivity contribution in [2.75, 3.05) is 0 Å². The molecule has 1 rings (SSSR count). The van der Waals surface area contributed by atoms with Crippen molar-refractivity contribution in [1.29, 1.82) is 0 Å². The number of alkyl halides is 2. The van der Waals surface area contributed by atoms with Gasteiger partial charge in [-0.1, -0.05) is 13.3 Å². The molecule has 0 aromatic heterocycles. The van der Waals surface area contributed by atoms with Crippen molar-refractivity contribution >= 4 is 0 Å². The summed E-state index contributed by atoms with van der Waals surface area (Å²) in [4.78, 5) is 0. The molecule has 11 heavy (non-hydrogen) atoms. The van der Waals surface area contributed by atoms with Gasteiger partial charge in [-0.15, -0.1) is 0 Å². The zero-order valence-corrected chi connectivity index (χ0v) is 6.69. The van der Waals surface area contributed by atoms with Crippen molar-refractivity contribution in [3.63, 3.8) is 0 Å². The Morgan fingerprint density at radius 1 is 1.55 bits per heavy atom. The Hall–Kier alpha value is -0.180. The van der Waals surface area contributed by atoms with E-state index in [2.05, 4.69) is 0 Å². The van der Waals surface area contributed by atoms with Gasteiger partial charge in [0.05, 0.1) is 6.10 Å². The quantitative estimate of drug-likeness (QED) is 0.629. The molecule has 2 atom stereocenters. The molecule has 0 aliphatic heterocycles. The Balaban J connectivity index is 2.48. The fourth-order valence-electron chi connectivity index (χ4n) is 1.64. The lowest BCUT2D eigenvalue weighted by Gasteiger charge is -2.32. The summed E-state index contributed by atoms with van der Waals surface area (Å²) in [7, 11) is 0. The fraction of sp³-hybridized carbons (Fsp3) is 1.00. The maximum absolute atomic E-state index is 12.6. The molecule has 1 aliphatic rings. The zero-order chi connectivity index (χ0) is 8.48. The minimum absolute atomic E-state index is 0.0530. The lowest BCUT2D eigenvalue weighted by molar-refractivity contribution is -0.0977. The Morgan fingerprint density at radius 3 is 2.64 bits per heavy atom. The summed E-state index contributed by atoms with van der Waals surface area (Å²) in [6.07, 6.45) is 0.0828. The number of aliphatic hydroxyl groups excluding tert-OH is 1. The highest BCUT2D eigenvalue weighted by Gasteiger charge is 2.39. The van der Waals surface area contributed by atoms with E-state index < -0.39 is 12.0 Å². The zero-order valence-electron chi connectivity index (χ0n) is 6.69. The van der Waals surface area contributed by atoms with Gasteiger partial charge in [0.25, 0.3) is 5.92 Å². The molecular weight excluding hydrogens is 150 g/mol. The second-order valence-electron chi connectivity index (χ2n) is 3.33. The molecule has 1 nitrogen and oxygen atoms in total. The third-order valence-corrected chi connectivity index (χ3v) is 2.46. The fourth-order valence-corrected chi connectivity index (χ4v) is 1.64. The van der Waals surface area contributed by atoms with E-state index in [4.69, 9.17) is 0 Å². The van der Waals surface area contributed by atoms with E-state index in [-0.39, 0.29) is 18.8 Å². The number of hydrogen-bond acceptors (Lipinski definition) is 1. The van der Waals surface area contributed by atoms with Gasteiger partial charge in [0.1, 0.15) is 0 Å². The third-order valence-electron chi connectivity index (χ3n) is 2.46. The molecule has 1 N–H and O–H groups in total. The van der Waals surface area contributed by atoms with E-state index in [1.165, 1.54) is 0 Å². The number of aliphatic hydroxyl groups is 1. The molecule has 0 unspecified atom stereocenters. The molecule has 3 heteroatoms. The first kappa shape index (κ1) is 8.91. The maximum atomic E-state index is 12.6. The van der Waals surface area contributed by atoms with E-state index in [0.29, 0.717) is 6.42 Å². The van der Waals surface area contributed by atoms with Gasteiger partial charge in [0.2, 0.25) is 0 Å². The van der Waals surface area contributed by atoms with Gasteiger partial charge in [0, 0.05) is 12.8 Å². The van der Waals surface area contributed by atoms with Crippen LogP contribution in [0.3, 0.4) is 0 Å². The topological polar surface area (TPSA) is 20.2 Å². The van der Waals surface area contributed by atoms with Crippen LogP contribution in [0.1, 0.15) is 32.6 Å². The smallest absolute Gasteiger partial charge is 0.250 e. The maximum Gasteiger partial charge on any atom is 0.250 e. The first-order valence-electron chi connectivity index (χ1n) is 4.11. The minimum Gasteiger partial charge on any atom is -0.393 e. The van der Waals surface area contributed by atoms with Crippen molar-refractivity contribution < 1.29 is 13.9 Å². The van der Waals surface area contributed by atoms with Crippen LogP contribution in [0.5, 0.6) is 0 Å². The molecule has 0 spiro atoms. The van der Waals surface area contributed by atoms with Crippen LogP contribution in [-0.2, 0) is 0 Å². The molecule has 0 aromatic carbocycles. The van der Waals surface area contributed by atoms with Crippen molar-refractivity contribution in [2.45, 2.75) is 44.6 Å². The standard InChI is InChI=1S/C8H14F2O/c1-2-6-3-4-8(9,10)5-7(6)11/h6-7,11H,2-5H2,1H3/t6-,7-/m0/s1. The second kappa shape index (κ2) is 3.05. The lowest BCUT2D eigenvalue weighted by Crippen LogP contribution is -2.35. The van der Waals surface area contributed by atoms with E-state index in [1.54, 1.807) is 0 Å². The van der Waals surface area contributed by atoms with Crippen LogP contribution in [0.2, 0.25) is 0 Å². The highest BCUT2D eigenvalue weighted by atomic mass is 19.3. The monoisotopic (exact) mass is 164 g/mol. The van der Waals surface area contributed by atoms with Gasteiger partial charge < -0.3 is 5.11 Å². The van der Waals surface area contributed by atoms with Crippen molar-refractivity contribution in [3.05, 3.63) is 0 Å². The summed E-state index contributed by atoms with van der Waals surface area (Å²) in [6.45, 7) is 1.93. The Labute approximate surface area is 65.4 Å². The van der Waals surface area contributed by atoms with Gasteiger partial charge in [-0.05, 0) is 12.3 Å². The largest absolute Gasteiger partial charge is 0.393 e. The number of hydrogen-bond donors (Lipinski definition) is 1. The minimum atomic E-state index is -2.62. The highest BCUT2D eigenvalue weighted by molar-refractivity contribution is 4.83. The highest BCUT2D eigenvalue weighted by Crippen LogP contribution is 2.37. The van der Waals surface area contributed by atoms with E-state index >= 15 is 0 Å². The van der Waals surface area contributed by atoms with Crippen molar-refractivity contribution in [3.8, 4) is 0 Å². The molecule has 0 aromatic rings. The molecule has 0 bridgehead atoms. The average Bonchev–Trinajstić information content (AvgIpc) is 1.86. The van der Waals surface area contributed by atoms with E-state index in [1.807, 2.05) is 6.92 Å². The van der Waals surface area contributed by atoms with Crippen LogP contribution in [-0.4, -0.2) is 17.1 Å². The third kappa shape index (κ3) is 2.12. The predicted molar refractivity (Wildman–Crippen MR) is 38.6 cm³/mol. The van der Waals surface area contributed by atoms with Crippen molar-refractivity contribution in [1.82, 2.24) is 0 Å². The predicted octanol–water partition coefficient (Wildman–Crippen LogP) is 2.19. The van der Waals surface area contributed by atoms with Gasteiger partial charge in [-0.3, -0.25) is 0 Å². The second-order valence-corrected chi connectivity index (χ2v) is 3.33. The molecule has 0 heterocycles. The summed E-state index contributed by atoms with van der Waals surface area (Å²) in [5, 5.41) is 9.22. The molecule has 1 saturated carbocycles. The van der Waals surface area contributed by atoms with Crippen LogP contribution in [0.15, 0.2) is 0 Å². The van der Waals surface area contributed by atoms with Gasteiger partial charge in [0.15, 0.2) is 0 Å². The van der Waals surface area contributed by atoms with E-state index in [0.717, 1.165) is 6.42 Å². The first-order chi connectivity index (χ1) is 5.05. The van der Waals surface area contributed by atoms with Crippen LogP contribution in [0.25, 0.3) is 0 Å². The van der Waals surface area contributed by atoms with Gasteiger partial charge in [-0.2, -0.15) is 0 Å². The molecule has 0 radical (unpaired) electrons. The molecule has 1 fully saturated rings. The number of rotatable bonds is 1. The molecular formula is C8H14F2O. The summed E-state index contributed by atoms with van der Waals surface area (Å²) >= 11 is 0. The normalized spacial score (nSPS) is 37.1. The average molecular weight is 164 g/mol. The molecule has 0 saturated heterocycles. The van der Waals surface area contributed by atoms with Crippen LogP contribution >= 0.6 is 0 Å². The summed E-state index contributed by atoms with van der Waals surface area (Å²) < 4.78 is 25.2. The Kier molecular flexibility index (Phi) is 2.47. The molecule has 66 valence electrons. The molecule has 1 aliphatic carbocycles. The Morgan fingerprint density at radius 2 is 2.18 bits per heavy atom. The number of halogens is 2. The van der Waals surface area contributed by atoms with Crippen molar-refractivity contribution in [2.24, 2.45) is 5.92 Å². The molecule has 0 amide bonds. The lowest BCUT2D eigenvalue weighted by atomic mass is 9.83. The van der Waals surface area contributed by atoms with Crippen LogP contribution < -0.4 is 0 Å². The summed E-state index contributed by atoms with van der Waals surface area (Å²) in [5.41, 5.74) is 0. The van der Waals surface area contributed by atoms with Crippen LogP contribution in [0, 0.1) is 5.92 Å². The Bertz CT molecular complexity index is 136. The summed E-state index contributed by atoms with van der Waals surface area (Å²) in [5.74, 6) is -2.53. The SMILES string of the molecule is CC[C@H]1CCC(F)(F)C[C@@H]1O. The first-order valence-corrected chi connectivity index (χ1v) is 4.11. The summed E-state index contributed by atoms with van der Waals surface area (Å²) in [6, 6.07) is 0. The van der Waals surface area contributed by atoms with Gasteiger partial charge in [-0.25, -0.2) is 8.78 Å².